The lowest BCUT2D eigenvalue weighted by Gasteiger charge is -2.05. The van der Waals surface area contributed by atoms with E-state index in [2.05, 4.69) is 4.42 Å². The van der Waals surface area contributed by atoms with Crippen molar-refractivity contribution in [2.24, 2.45) is 0 Å². The van der Waals surface area contributed by atoms with Gasteiger partial charge < -0.3 is 4.42 Å². The van der Waals surface area contributed by atoms with Crippen LogP contribution in [-0.2, 0) is 6.18 Å². The Balaban J connectivity index is 2.51. The zero-order chi connectivity index (χ0) is 12.5. The lowest BCUT2D eigenvalue weighted by molar-refractivity contribution is -0.153. The van der Waals surface area contributed by atoms with Crippen LogP contribution in [0.1, 0.15) is 5.76 Å². The van der Waals surface area contributed by atoms with Crippen molar-refractivity contribution in [3.63, 3.8) is 0 Å². The van der Waals surface area contributed by atoms with Gasteiger partial charge in [-0.05, 0) is 5.56 Å². The average Bonchev–Trinajstić information content (AvgIpc) is 2.29. The third-order valence-corrected chi connectivity index (χ3v) is 2.20. The van der Waals surface area contributed by atoms with Gasteiger partial charge in [0.2, 0.25) is 5.76 Å². The number of benzene rings is 1. The van der Waals surface area contributed by atoms with E-state index in [0.29, 0.717) is 11.6 Å². The molecule has 5 heteroatoms. The maximum atomic E-state index is 12.3. The molecule has 0 saturated carbocycles. The van der Waals surface area contributed by atoms with Crippen LogP contribution in [0.25, 0.3) is 11.1 Å². The summed E-state index contributed by atoms with van der Waals surface area (Å²) in [6, 6.07) is 8.83. The van der Waals surface area contributed by atoms with E-state index in [-0.39, 0.29) is 5.56 Å². The lowest BCUT2D eigenvalue weighted by Crippen LogP contribution is -2.11. The molecule has 0 unspecified atom stereocenters. The molecule has 2 aromatic rings. The zero-order valence-corrected chi connectivity index (χ0v) is 8.49. The van der Waals surface area contributed by atoms with Crippen molar-refractivity contribution >= 4 is 0 Å². The molecule has 0 N–H and O–H groups in total. The smallest absolute Gasteiger partial charge is 0.449 e. The molecule has 1 aromatic heterocycles. The highest BCUT2D eigenvalue weighted by atomic mass is 19.4. The van der Waals surface area contributed by atoms with E-state index in [4.69, 9.17) is 0 Å². The average molecular weight is 240 g/mol. The molecular weight excluding hydrogens is 233 g/mol. The summed E-state index contributed by atoms with van der Waals surface area (Å²) in [6.45, 7) is 0. The van der Waals surface area contributed by atoms with Crippen molar-refractivity contribution in [3.05, 3.63) is 58.6 Å². The Labute approximate surface area is 94.3 Å². The zero-order valence-electron chi connectivity index (χ0n) is 8.49. The van der Waals surface area contributed by atoms with Gasteiger partial charge >= 0.3 is 6.18 Å². The first kappa shape index (κ1) is 11.4. The highest BCUT2D eigenvalue weighted by Crippen LogP contribution is 2.29. The first-order chi connectivity index (χ1) is 7.98. The van der Waals surface area contributed by atoms with Crippen molar-refractivity contribution in [2.75, 3.05) is 0 Å². The molecule has 0 aliphatic rings. The summed E-state index contributed by atoms with van der Waals surface area (Å²) in [5, 5.41) is 0. The van der Waals surface area contributed by atoms with Gasteiger partial charge in [0.1, 0.15) is 6.26 Å². The van der Waals surface area contributed by atoms with Crippen molar-refractivity contribution in [1.29, 1.82) is 0 Å². The number of hydrogen-bond acceptors (Lipinski definition) is 2. The maximum Gasteiger partial charge on any atom is 0.449 e. The largest absolute Gasteiger partial charge is 0.459 e. The Morgan fingerprint density at radius 3 is 2.24 bits per heavy atom. The molecule has 1 aromatic carbocycles. The summed E-state index contributed by atoms with van der Waals surface area (Å²) in [7, 11) is 0. The van der Waals surface area contributed by atoms with Gasteiger partial charge in [-0.15, -0.1) is 0 Å². The van der Waals surface area contributed by atoms with Crippen molar-refractivity contribution in [3.8, 4) is 11.1 Å². The van der Waals surface area contributed by atoms with Crippen molar-refractivity contribution in [2.45, 2.75) is 6.18 Å². The molecule has 0 spiro atoms. The maximum absolute atomic E-state index is 12.3. The molecule has 1 heterocycles. The molecule has 2 nitrogen and oxygen atoms in total. The number of hydrogen-bond donors (Lipinski definition) is 0. The monoisotopic (exact) mass is 240 g/mol. The fourth-order valence-electron chi connectivity index (χ4n) is 1.39. The predicted molar refractivity (Wildman–Crippen MR) is 55.4 cm³/mol. The third-order valence-electron chi connectivity index (χ3n) is 2.20. The highest BCUT2D eigenvalue weighted by Gasteiger charge is 2.34. The van der Waals surface area contributed by atoms with Crippen LogP contribution in [0.3, 0.4) is 0 Å². The predicted octanol–water partition coefficient (Wildman–Crippen LogP) is 3.33. The second-order valence-electron chi connectivity index (χ2n) is 3.39. The third kappa shape index (κ3) is 2.38. The van der Waals surface area contributed by atoms with E-state index >= 15 is 0 Å². The van der Waals surface area contributed by atoms with Crippen LogP contribution in [0.4, 0.5) is 13.2 Å². The van der Waals surface area contributed by atoms with Crippen LogP contribution in [0.5, 0.6) is 0 Å². The second-order valence-corrected chi connectivity index (χ2v) is 3.39. The number of halogens is 3. The second kappa shape index (κ2) is 4.08. The van der Waals surface area contributed by atoms with Crippen molar-refractivity contribution in [1.82, 2.24) is 0 Å². The first-order valence-corrected chi connectivity index (χ1v) is 4.74. The molecule has 88 valence electrons. The Morgan fingerprint density at radius 1 is 1.06 bits per heavy atom. The van der Waals surface area contributed by atoms with E-state index in [1.807, 2.05) is 0 Å². The minimum absolute atomic E-state index is 0.110. The van der Waals surface area contributed by atoms with Gasteiger partial charge in [-0.2, -0.15) is 13.2 Å². The Bertz CT molecular complexity index is 570. The van der Waals surface area contributed by atoms with E-state index in [9.17, 15) is 18.0 Å². The van der Waals surface area contributed by atoms with Gasteiger partial charge in [0, 0.05) is 6.07 Å². The molecule has 0 aliphatic carbocycles. The molecule has 2 rings (SSSR count). The summed E-state index contributed by atoms with van der Waals surface area (Å²) in [4.78, 5) is 11.5. The number of alkyl halides is 3. The van der Waals surface area contributed by atoms with E-state index in [1.54, 1.807) is 30.3 Å². The van der Waals surface area contributed by atoms with Crippen LogP contribution in [0, 0.1) is 0 Å². The molecule has 17 heavy (non-hydrogen) atoms. The summed E-state index contributed by atoms with van der Waals surface area (Å²) >= 11 is 0. The van der Waals surface area contributed by atoms with Gasteiger partial charge in [-0.1, -0.05) is 30.3 Å². The Hall–Kier alpha value is -2.04. The molecule has 0 saturated heterocycles. The van der Waals surface area contributed by atoms with Crippen LogP contribution in [0.2, 0.25) is 0 Å². The van der Waals surface area contributed by atoms with Gasteiger partial charge in [-0.25, -0.2) is 0 Å². The normalized spacial score (nSPS) is 11.5. The fraction of sp³-hybridized carbons (Fsp3) is 0.0833. The molecule has 0 aliphatic heterocycles. The molecule has 0 atom stereocenters. The Kier molecular flexibility index (Phi) is 2.75. The molecule has 0 amide bonds. The molecule has 0 bridgehead atoms. The summed E-state index contributed by atoms with van der Waals surface area (Å²) in [5.41, 5.74) is -0.0802. The minimum atomic E-state index is -4.64. The molecule has 0 radical (unpaired) electrons. The van der Waals surface area contributed by atoms with Gasteiger partial charge in [-0.3, -0.25) is 4.79 Å². The quantitative estimate of drug-likeness (QED) is 0.765. The first-order valence-electron chi connectivity index (χ1n) is 4.74. The summed E-state index contributed by atoms with van der Waals surface area (Å²) < 4.78 is 41.2. The van der Waals surface area contributed by atoms with Crippen LogP contribution in [-0.4, -0.2) is 0 Å². The SMILES string of the molecule is O=c1cc(C(F)(F)F)occ1-c1ccccc1. The van der Waals surface area contributed by atoms with Crippen LogP contribution in [0.15, 0.2) is 51.9 Å². The van der Waals surface area contributed by atoms with Crippen molar-refractivity contribution < 1.29 is 17.6 Å². The van der Waals surface area contributed by atoms with Crippen LogP contribution >= 0.6 is 0 Å². The number of rotatable bonds is 1. The highest BCUT2D eigenvalue weighted by molar-refractivity contribution is 5.61. The van der Waals surface area contributed by atoms with E-state index in [1.165, 1.54) is 0 Å². The minimum Gasteiger partial charge on any atom is -0.459 e. The topological polar surface area (TPSA) is 30.2 Å². The van der Waals surface area contributed by atoms with Gasteiger partial charge in [0.25, 0.3) is 0 Å². The lowest BCUT2D eigenvalue weighted by atomic mass is 10.1. The fourth-order valence-corrected chi connectivity index (χ4v) is 1.39. The van der Waals surface area contributed by atoms with E-state index < -0.39 is 17.4 Å². The molecule has 0 fully saturated rings. The van der Waals surface area contributed by atoms with Gasteiger partial charge in [0.15, 0.2) is 5.43 Å². The summed E-state index contributed by atoms with van der Waals surface area (Å²) in [5.74, 6) is -1.29. The summed E-state index contributed by atoms with van der Waals surface area (Å²) in [6.07, 6.45) is -3.81. The van der Waals surface area contributed by atoms with Crippen LogP contribution < -0.4 is 5.43 Å². The Morgan fingerprint density at radius 2 is 1.71 bits per heavy atom. The van der Waals surface area contributed by atoms with E-state index in [0.717, 1.165) is 6.26 Å². The standard InChI is InChI=1S/C12H7F3O2/c13-12(14,15)11-6-10(16)9(7-17-11)8-4-2-1-3-5-8/h1-7H. The van der Waals surface area contributed by atoms with Gasteiger partial charge in [0.05, 0.1) is 5.56 Å². The molecular formula is C12H7F3O2.